The molecular weight excluding hydrogens is 380 g/mol. The number of carbonyl (C=O) groups is 2. The maximum absolute atomic E-state index is 12.6. The summed E-state index contributed by atoms with van der Waals surface area (Å²) in [6.45, 7) is 22.3. The molecule has 0 heterocycles. The lowest BCUT2D eigenvalue weighted by Crippen LogP contribution is -2.51. The Morgan fingerprint density at radius 1 is 0.667 bits per heavy atom. The molecule has 178 valence electrons. The van der Waals surface area contributed by atoms with Gasteiger partial charge >= 0.3 is 0 Å². The van der Waals surface area contributed by atoms with Crippen molar-refractivity contribution in [1.82, 2.24) is 10.6 Å². The van der Waals surface area contributed by atoms with Crippen LogP contribution in [0.5, 0.6) is 0 Å². The van der Waals surface area contributed by atoms with Gasteiger partial charge in [0.1, 0.15) is 0 Å². The molecule has 0 unspecified atom stereocenters. The maximum Gasteiger partial charge on any atom is 0.221 e. The van der Waals surface area contributed by atoms with E-state index in [9.17, 15) is 9.59 Å². The van der Waals surface area contributed by atoms with Gasteiger partial charge in [0.2, 0.25) is 11.8 Å². The normalized spacial score (nSPS) is 13.3. The molecule has 0 rings (SSSR count). The standard InChI is InChI=1S/C24H48N2O4/c1-11-19(27)25-22(6,7)16-30-17-23(8,9)26-20(28)14-21(4,5)15-29-18-24(10,12-2)13-3/h11-18H2,1-10H3,(H,25,27)(H,26,28). The smallest absolute Gasteiger partial charge is 0.221 e. The highest BCUT2D eigenvalue weighted by Crippen LogP contribution is 2.28. The van der Waals surface area contributed by atoms with E-state index in [-0.39, 0.29) is 22.6 Å². The van der Waals surface area contributed by atoms with Gasteiger partial charge in [0.05, 0.1) is 37.5 Å². The van der Waals surface area contributed by atoms with Gasteiger partial charge in [0.15, 0.2) is 0 Å². The molecule has 6 nitrogen and oxygen atoms in total. The first kappa shape index (κ1) is 28.9. The summed E-state index contributed by atoms with van der Waals surface area (Å²) in [5.41, 5.74) is -0.988. The molecule has 0 spiro atoms. The van der Waals surface area contributed by atoms with E-state index in [1.54, 1.807) is 0 Å². The van der Waals surface area contributed by atoms with Crippen LogP contribution in [0.3, 0.4) is 0 Å². The predicted molar refractivity (Wildman–Crippen MR) is 123 cm³/mol. The second-order valence-corrected chi connectivity index (χ2v) is 11.1. The topological polar surface area (TPSA) is 76.7 Å². The van der Waals surface area contributed by atoms with E-state index >= 15 is 0 Å². The lowest BCUT2D eigenvalue weighted by Gasteiger charge is -2.32. The van der Waals surface area contributed by atoms with Crippen molar-refractivity contribution in [2.45, 2.75) is 106 Å². The zero-order chi connectivity index (χ0) is 23.6. The van der Waals surface area contributed by atoms with E-state index < -0.39 is 11.1 Å². The molecule has 6 heteroatoms. The van der Waals surface area contributed by atoms with Crippen molar-refractivity contribution in [2.24, 2.45) is 10.8 Å². The van der Waals surface area contributed by atoms with Crippen molar-refractivity contribution in [3.63, 3.8) is 0 Å². The zero-order valence-corrected chi connectivity index (χ0v) is 21.3. The largest absolute Gasteiger partial charge is 0.380 e. The van der Waals surface area contributed by atoms with Crippen LogP contribution in [0.15, 0.2) is 0 Å². The minimum absolute atomic E-state index is 0.00111. The second kappa shape index (κ2) is 12.0. The summed E-state index contributed by atoms with van der Waals surface area (Å²) in [7, 11) is 0. The average Bonchev–Trinajstić information content (AvgIpc) is 2.59. The Bertz CT molecular complexity index is 537. The highest BCUT2D eigenvalue weighted by atomic mass is 16.5. The Hall–Kier alpha value is -1.14. The molecule has 0 atom stereocenters. The van der Waals surface area contributed by atoms with Crippen LogP contribution in [-0.4, -0.2) is 49.3 Å². The molecule has 0 fully saturated rings. The lowest BCUT2D eigenvalue weighted by atomic mass is 9.85. The van der Waals surface area contributed by atoms with Crippen LogP contribution in [0.2, 0.25) is 0 Å². The summed E-state index contributed by atoms with van der Waals surface area (Å²) in [4.78, 5) is 24.2. The fourth-order valence-corrected chi connectivity index (χ4v) is 3.03. The van der Waals surface area contributed by atoms with Gasteiger partial charge in [0.25, 0.3) is 0 Å². The number of amides is 2. The Labute approximate surface area is 185 Å². The highest BCUT2D eigenvalue weighted by molar-refractivity contribution is 5.77. The van der Waals surface area contributed by atoms with Crippen molar-refractivity contribution in [2.75, 3.05) is 26.4 Å². The summed E-state index contributed by atoms with van der Waals surface area (Å²) in [6.07, 6.45) is 3.00. The molecule has 30 heavy (non-hydrogen) atoms. The highest BCUT2D eigenvalue weighted by Gasteiger charge is 2.29. The van der Waals surface area contributed by atoms with E-state index in [2.05, 4.69) is 45.3 Å². The first-order chi connectivity index (χ1) is 13.6. The average molecular weight is 429 g/mol. The zero-order valence-electron chi connectivity index (χ0n) is 21.3. The number of hydrogen-bond acceptors (Lipinski definition) is 4. The molecular formula is C24H48N2O4. The quantitative estimate of drug-likeness (QED) is 0.404. The van der Waals surface area contributed by atoms with Gasteiger partial charge in [-0.05, 0) is 51.4 Å². The van der Waals surface area contributed by atoms with Gasteiger partial charge in [-0.15, -0.1) is 0 Å². The van der Waals surface area contributed by atoms with Crippen LogP contribution >= 0.6 is 0 Å². The van der Waals surface area contributed by atoms with Crippen molar-refractivity contribution >= 4 is 11.8 Å². The van der Waals surface area contributed by atoms with Crippen molar-refractivity contribution in [1.29, 1.82) is 0 Å². The van der Waals surface area contributed by atoms with Crippen LogP contribution in [0, 0.1) is 10.8 Å². The number of ether oxygens (including phenoxy) is 2. The number of hydrogen-bond donors (Lipinski definition) is 2. The van der Waals surface area contributed by atoms with Crippen LogP contribution in [0.25, 0.3) is 0 Å². The molecule has 0 saturated carbocycles. The molecule has 0 saturated heterocycles. The summed E-state index contributed by atoms with van der Waals surface area (Å²) in [5.74, 6) is -0.0108. The van der Waals surface area contributed by atoms with E-state index in [1.165, 1.54) is 0 Å². The summed E-state index contributed by atoms with van der Waals surface area (Å²) in [5, 5.41) is 6.01. The van der Waals surface area contributed by atoms with Gasteiger partial charge in [-0.2, -0.15) is 0 Å². The van der Waals surface area contributed by atoms with Gasteiger partial charge in [-0.1, -0.05) is 41.5 Å². The minimum atomic E-state index is -0.498. The van der Waals surface area contributed by atoms with Gasteiger partial charge in [0, 0.05) is 12.8 Å². The Morgan fingerprint density at radius 2 is 1.10 bits per heavy atom. The second-order valence-electron chi connectivity index (χ2n) is 11.1. The SMILES string of the molecule is CCC(=O)NC(C)(C)COCC(C)(C)NC(=O)CC(C)(C)COCC(C)(CC)CC. The molecule has 2 N–H and O–H groups in total. The molecule has 0 aromatic heterocycles. The van der Waals surface area contributed by atoms with Crippen LogP contribution < -0.4 is 10.6 Å². The minimum Gasteiger partial charge on any atom is -0.380 e. The third-order valence-electron chi connectivity index (χ3n) is 5.49. The number of nitrogens with one attached hydrogen (secondary N) is 2. The predicted octanol–water partition coefficient (Wildman–Crippen LogP) is 4.46. The van der Waals surface area contributed by atoms with E-state index in [1.807, 2.05) is 34.6 Å². The van der Waals surface area contributed by atoms with Crippen LogP contribution in [0.1, 0.15) is 94.9 Å². The molecule has 0 aliphatic rings. The molecule has 0 aromatic carbocycles. The van der Waals surface area contributed by atoms with Crippen molar-refractivity contribution < 1.29 is 19.1 Å². The van der Waals surface area contributed by atoms with E-state index in [0.29, 0.717) is 32.7 Å². The van der Waals surface area contributed by atoms with E-state index in [0.717, 1.165) is 19.4 Å². The molecule has 0 radical (unpaired) electrons. The first-order valence-electron chi connectivity index (χ1n) is 11.4. The molecule has 0 bridgehead atoms. The Balaban J connectivity index is 4.46. The van der Waals surface area contributed by atoms with Crippen LogP contribution in [0.4, 0.5) is 0 Å². The number of rotatable bonds is 15. The third-order valence-corrected chi connectivity index (χ3v) is 5.49. The molecule has 0 aliphatic carbocycles. The van der Waals surface area contributed by atoms with Gasteiger partial charge < -0.3 is 20.1 Å². The Morgan fingerprint density at radius 3 is 1.53 bits per heavy atom. The Kier molecular flexibility index (Phi) is 11.6. The van der Waals surface area contributed by atoms with Crippen LogP contribution in [-0.2, 0) is 19.1 Å². The third kappa shape index (κ3) is 12.5. The van der Waals surface area contributed by atoms with Gasteiger partial charge in [-0.25, -0.2) is 0 Å². The first-order valence-corrected chi connectivity index (χ1v) is 11.4. The maximum atomic E-state index is 12.6. The molecule has 0 aliphatic heterocycles. The summed E-state index contributed by atoms with van der Waals surface area (Å²) >= 11 is 0. The summed E-state index contributed by atoms with van der Waals surface area (Å²) in [6, 6.07) is 0. The van der Waals surface area contributed by atoms with Crippen molar-refractivity contribution in [3.05, 3.63) is 0 Å². The fraction of sp³-hybridized carbons (Fsp3) is 0.917. The molecule has 0 aromatic rings. The van der Waals surface area contributed by atoms with Crippen molar-refractivity contribution in [3.8, 4) is 0 Å². The fourth-order valence-electron chi connectivity index (χ4n) is 3.03. The summed E-state index contributed by atoms with van der Waals surface area (Å²) < 4.78 is 11.8. The monoisotopic (exact) mass is 428 g/mol. The number of carbonyl (C=O) groups excluding carboxylic acids is 2. The van der Waals surface area contributed by atoms with Gasteiger partial charge in [-0.3, -0.25) is 9.59 Å². The van der Waals surface area contributed by atoms with E-state index in [4.69, 9.17) is 9.47 Å². The molecule has 2 amide bonds. The lowest BCUT2D eigenvalue weighted by molar-refractivity contribution is -0.126.